The van der Waals surface area contributed by atoms with Gasteiger partial charge >= 0.3 is 460 Å². The number of allylic oxidation sites excluding steroid dienone is 4. The number of hydrogen-bond donors (Lipinski definition) is 0. The minimum atomic E-state index is -3.07. The van der Waals surface area contributed by atoms with Gasteiger partial charge in [-0.15, -0.1) is 0 Å². The number of rotatable bonds is 10. The van der Waals surface area contributed by atoms with Gasteiger partial charge in [0.25, 0.3) is 0 Å². The number of halogens is 2. The second-order valence-corrected chi connectivity index (χ2v) is 31.9. The summed E-state index contributed by atoms with van der Waals surface area (Å²) in [6.45, 7) is 14.5. The Labute approximate surface area is 516 Å². The first-order chi connectivity index (χ1) is 39.9. The number of hydrogen-bond acceptors (Lipinski definition) is 0. The SMILES string of the molecule is CC(C)(C)c1cc2c(cc1-c1ccccc1-c1ccc3c(ccc4ccccc43)c1)[CH]([Zr+2]([C]1=CC=CC1)=[C](Cc1ccccc1)Cc1ccccc1)c1cc(-c3ccccc3-c3ccc4c(ccc5ccccc54)c3)c(C(C)(C)C)cc1-2.[Cl-].[Cl-]. The molecule has 12 aromatic rings. The molecule has 2 aliphatic carbocycles. The molecule has 3 heteroatoms. The minimum absolute atomic E-state index is 0. The molecule has 84 heavy (non-hydrogen) atoms. The molecule has 0 radical (unpaired) electrons. The molecule has 0 aliphatic heterocycles. The minimum Gasteiger partial charge on any atom is -1.00 e. The topological polar surface area (TPSA) is 0 Å². The van der Waals surface area contributed by atoms with Crippen LogP contribution in [0.3, 0.4) is 0 Å². The molecule has 12 aromatic carbocycles. The Morgan fingerprint density at radius 3 is 1.19 bits per heavy atom. The summed E-state index contributed by atoms with van der Waals surface area (Å²) in [5.41, 5.74) is 21.4. The molecular weight excluding hydrogens is 1140 g/mol. The van der Waals surface area contributed by atoms with E-state index < -0.39 is 21.3 Å². The van der Waals surface area contributed by atoms with Gasteiger partial charge in [0, 0.05) is 0 Å². The standard InChI is InChI=1S/C61H49.C15H14.C5H5.2ClH.Zr/c1-60(2,3)58-36-54-44(34-56(58)52-21-13-11-19-48(52)42-27-29-50-40(31-42)25-23-38-15-7-9-17-46(38)50)33-45-35-57(59(37-55(45)54)61(4,5)6)53-22-14-12-20-49(53)43-28-30-51-41(32-43)26-24-39-16-8-10-18-47(39)51;1-3-8-14(9-4-1)12-7-13-15-10-5-2-6-11-15;1-2-4-5-3-1;;;/h7-37H,1-6H3;1-6,8-11H,12-13H2;1-3H,4H2;2*1H;/q;;;;;+2/p-2. The molecule has 0 nitrogen and oxygen atoms in total. The maximum Gasteiger partial charge on any atom is -1.00 e. The third-order valence-electron chi connectivity index (χ3n) is 17.8. The van der Waals surface area contributed by atoms with Crippen molar-refractivity contribution in [3.05, 3.63) is 298 Å². The summed E-state index contributed by atoms with van der Waals surface area (Å²) >= 11 is -3.07. The van der Waals surface area contributed by atoms with Crippen LogP contribution in [0.15, 0.2) is 264 Å². The summed E-state index contributed by atoms with van der Waals surface area (Å²) in [6, 6.07) is 93.1. The van der Waals surface area contributed by atoms with E-state index in [-0.39, 0.29) is 39.3 Å². The van der Waals surface area contributed by atoms with Crippen LogP contribution in [0, 0.1) is 0 Å². The molecule has 0 saturated heterocycles. The van der Waals surface area contributed by atoms with E-state index in [4.69, 9.17) is 0 Å². The van der Waals surface area contributed by atoms with Gasteiger partial charge in [0.2, 0.25) is 0 Å². The summed E-state index contributed by atoms with van der Waals surface area (Å²) in [4.78, 5) is 0. The van der Waals surface area contributed by atoms with E-state index in [2.05, 4.69) is 302 Å². The second-order valence-electron chi connectivity index (χ2n) is 25.1. The summed E-state index contributed by atoms with van der Waals surface area (Å²) in [5.74, 6) is 0. The molecule has 0 amide bonds. The van der Waals surface area contributed by atoms with Crippen molar-refractivity contribution in [1.29, 1.82) is 0 Å². The van der Waals surface area contributed by atoms with Crippen molar-refractivity contribution in [3.63, 3.8) is 0 Å². The Bertz CT molecular complexity index is 4330. The molecule has 0 fully saturated rings. The van der Waals surface area contributed by atoms with Gasteiger partial charge in [0.15, 0.2) is 0 Å². The van der Waals surface area contributed by atoms with Crippen molar-refractivity contribution < 1.29 is 46.1 Å². The Morgan fingerprint density at radius 1 is 0.369 bits per heavy atom. The van der Waals surface area contributed by atoms with Crippen molar-refractivity contribution in [1.82, 2.24) is 0 Å². The molecule has 0 saturated carbocycles. The van der Waals surface area contributed by atoms with Crippen LogP contribution >= 0.6 is 0 Å². The van der Waals surface area contributed by atoms with Gasteiger partial charge in [-0.05, 0) is 0 Å². The predicted molar refractivity (Wildman–Crippen MR) is 350 cm³/mol. The van der Waals surface area contributed by atoms with Gasteiger partial charge in [-0.3, -0.25) is 0 Å². The molecule has 0 aromatic heterocycles. The van der Waals surface area contributed by atoms with Gasteiger partial charge in [0.1, 0.15) is 0 Å². The quantitative estimate of drug-likeness (QED) is 0.120. The van der Waals surface area contributed by atoms with Gasteiger partial charge in [-0.25, -0.2) is 0 Å². The van der Waals surface area contributed by atoms with Crippen LogP contribution in [0.1, 0.15) is 85.0 Å². The Morgan fingerprint density at radius 2 is 0.762 bits per heavy atom. The first kappa shape index (κ1) is 56.9. The van der Waals surface area contributed by atoms with Crippen molar-refractivity contribution in [3.8, 4) is 55.6 Å². The monoisotopic (exact) mass is 1200 g/mol. The summed E-state index contributed by atoms with van der Waals surface area (Å²) in [6.07, 6.45) is 10.3. The molecule has 0 spiro atoms. The molecule has 0 atom stereocenters. The van der Waals surface area contributed by atoms with E-state index >= 15 is 0 Å². The number of benzene rings is 12. The Kier molecular flexibility index (Phi) is 15.7. The third kappa shape index (κ3) is 10.5. The zero-order valence-electron chi connectivity index (χ0n) is 48.8. The molecule has 410 valence electrons. The van der Waals surface area contributed by atoms with Gasteiger partial charge in [0.05, 0.1) is 0 Å². The van der Waals surface area contributed by atoms with E-state index in [1.807, 2.05) is 0 Å². The first-order valence-corrected chi connectivity index (χ1v) is 33.4. The van der Waals surface area contributed by atoms with Crippen LogP contribution in [-0.4, -0.2) is 3.21 Å². The van der Waals surface area contributed by atoms with E-state index in [9.17, 15) is 0 Å². The fourth-order valence-corrected chi connectivity index (χ4v) is 23.0. The van der Waals surface area contributed by atoms with Crippen molar-refractivity contribution >= 4 is 46.3 Å². The number of fused-ring (bicyclic) bond motifs is 9. The van der Waals surface area contributed by atoms with Crippen molar-refractivity contribution in [2.75, 3.05) is 0 Å². The van der Waals surface area contributed by atoms with Crippen molar-refractivity contribution in [2.45, 2.75) is 75.3 Å². The smallest absolute Gasteiger partial charge is 1.00 e. The average Bonchev–Trinajstić information content (AvgIpc) is 3.78. The maximum atomic E-state index is 2.73. The normalized spacial score (nSPS) is 12.8. The Hall–Kier alpha value is -7.51. The third-order valence-corrected chi connectivity index (χ3v) is 26.1. The van der Waals surface area contributed by atoms with E-state index in [1.54, 1.807) is 6.49 Å². The predicted octanol–water partition coefficient (Wildman–Crippen LogP) is 15.8. The van der Waals surface area contributed by atoms with Crippen LogP contribution < -0.4 is 24.8 Å². The molecule has 14 rings (SSSR count). The van der Waals surface area contributed by atoms with E-state index in [0.29, 0.717) is 0 Å². The van der Waals surface area contributed by atoms with Gasteiger partial charge < -0.3 is 24.8 Å². The molecule has 0 unspecified atom stereocenters. The first-order valence-electron chi connectivity index (χ1n) is 29.5. The fourth-order valence-electron chi connectivity index (χ4n) is 13.8. The van der Waals surface area contributed by atoms with E-state index in [1.165, 1.54) is 132 Å². The molecule has 0 N–H and O–H groups in total. The zero-order valence-corrected chi connectivity index (χ0v) is 52.8. The van der Waals surface area contributed by atoms with Crippen LogP contribution in [0.2, 0.25) is 0 Å². The van der Waals surface area contributed by atoms with Gasteiger partial charge in [-0.1, -0.05) is 36.4 Å². The zero-order chi connectivity index (χ0) is 55.7. The van der Waals surface area contributed by atoms with E-state index in [0.717, 1.165) is 19.3 Å². The Balaban J connectivity index is 0.00000347. The molecule has 0 heterocycles. The summed E-state index contributed by atoms with van der Waals surface area (Å²) < 4.78 is 3.66. The summed E-state index contributed by atoms with van der Waals surface area (Å²) in [7, 11) is 0. The fraction of sp³-hybridized carbons (Fsp3) is 0.148. The van der Waals surface area contributed by atoms with Crippen LogP contribution in [-0.2, 0) is 44.9 Å². The molecule has 2 aliphatic rings. The van der Waals surface area contributed by atoms with Crippen LogP contribution in [0.5, 0.6) is 0 Å². The maximum absolute atomic E-state index is 3.07. The van der Waals surface area contributed by atoms with Crippen LogP contribution in [0.4, 0.5) is 0 Å². The second kappa shape index (κ2) is 23.2. The van der Waals surface area contributed by atoms with Crippen molar-refractivity contribution in [2.24, 2.45) is 0 Å². The summed E-state index contributed by atoms with van der Waals surface area (Å²) in [5, 5.41) is 10.3. The van der Waals surface area contributed by atoms with Gasteiger partial charge in [-0.2, -0.15) is 0 Å². The average molecular weight is 1200 g/mol. The molecule has 0 bridgehead atoms. The largest absolute Gasteiger partial charge is 1.00 e. The molecular formula is C81H68Cl2Zr. The van der Waals surface area contributed by atoms with Crippen LogP contribution in [0.25, 0.3) is 98.7 Å².